The first-order chi connectivity index (χ1) is 13.0. The van der Waals surface area contributed by atoms with Crippen LogP contribution in [-0.4, -0.2) is 43.7 Å². The Hall–Kier alpha value is -1.65. The predicted octanol–water partition coefficient (Wildman–Crippen LogP) is 2.73. The lowest BCUT2D eigenvalue weighted by molar-refractivity contribution is 0.0677. The van der Waals surface area contributed by atoms with Crippen LogP contribution in [-0.2, 0) is 12.0 Å². The molecule has 28 heavy (non-hydrogen) atoms. The summed E-state index contributed by atoms with van der Waals surface area (Å²) in [4.78, 5) is 16.2. The maximum atomic E-state index is 11.7. The van der Waals surface area contributed by atoms with Crippen LogP contribution < -0.4 is 16.0 Å². The van der Waals surface area contributed by atoms with Crippen LogP contribution in [0.3, 0.4) is 0 Å². The van der Waals surface area contributed by atoms with Crippen molar-refractivity contribution in [1.29, 1.82) is 0 Å². The molecule has 1 unspecified atom stereocenters. The van der Waals surface area contributed by atoms with Gasteiger partial charge in [-0.15, -0.1) is 24.0 Å². The number of halogens is 1. The molecule has 1 heterocycles. The van der Waals surface area contributed by atoms with Gasteiger partial charge in [0.25, 0.3) is 5.91 Å². The smallest absolute Gasteiger partial charge is 0.251 e. The lowest BCUT2D eigenvalue weighted by atomic mass is 10.00. The van der Waals surface area contributed by atoms with Gasteiger partial charge in [0.1, 0.15) is 5.60 Å². The second-order valence-corrected chi connectivity index (χ2v) is 7.22. The third kappa shape index (κ3) is 7.40. The van der Waals surface area contributed by atoms with E-state index in [-0.39, 0.29) is 36.4 Å². The number of hydrogen-bond acceptors (Lipinski definition) is 4. The molecule has 154 valence electrons. The zero-order valence-electron chi connectivity index (χ0n) is 16.5. The molecule has 2 aromatic rings. The van der Waals surface area contributed by atoms with E-state index in [4.69, 9.17) is 0 Å². The van der Waals surface area contributed by atoms with Gasteiger partial charge in [-0.05, 0) is 60.4 Å². The molecular weight excluding hydrogens is 487 g/mol. The Morgan fingerprint density at radius 2 is 2.07 bits per heavy atom. The Balaban J connectivity index is 0.00000392. The van der Waals surface area contributed by atoms with Gasteiger partial charge in [0.15, 0.2) is 5.96 Å². The SMILES string of the molecule is CCNC(=NCC(C)(O)c1ccsc1)NCCc1cccc(C(=O)NC)c1.I. The lowest BCUT2D eigenvalue weighted by Crippen LogP contribution is -2.39. The van der Waals surface area contributed by atoms with Gasteiger partial charge >= 0.3 is 0 Å². The van der Waals surface area contributed by atoms with Crippen LogP contribution in [0, 0.1) is 0 Å². The highest BCUT2D eigenvalue weighted by Gasteiger charge is 2.23. The molecule has 0 saturated carbocycles. The van der Waals surface area contributed by atoms with E-state index in [0.29, 0.717) is 18.1 Å². The maximum Gasteiger partial charge on any atom is 0.251 e. The fourth-order valence-corrected chi connectivity index (χ4v) is 3.36. The van der Waals surface area contributed by atoms with E-state index in [0.717, 1.165) is 24.1 Å². The Morgan fingerprint density at radius 1 is 1.29 bits per heavy atom. The minimum Gasteiger partial charge on any atom is -0.383 e. The van der Waals surface area contributed by atoms with E-state index in [1.54, 1.807) is 31.4 Å². The molecule has 0 fully saturated rings. The molecule has 0 aliphatic rings. The maximum absolute atomic E-state index is 11.7. The number of thiophene rings is 1. The second-order valence-electron chi connectivity index (χ2n) is 6.44. The first-order valence-electron chi connectivity index (χ1n) is 9.04. The van der Waals surface area contributed by atoms with Crippen LogP contribution in [0.1, 0.15) is 35.3 Å². The normalized spacial score (nSPS) is 13.2. The zero-order chi connectivity index (χ0) is 19.7. The molecule has 0 spiro atoms. The number of guanidine groups is 1. The van der Waals surface area contributed by atoms with Crippen LogP contribution in [0.4, 0.5) is 0 Å². The molecule has 6 nitrogen and oxygen atoms in total. The quantitative estimate of drug-likeness (QED) is 0.247. The number of nitrogens with one attached hydrogen (secondary N) is 3. The van der Waals surface area contributed by atoms with Gasteiger partial charge in [-0.3, -0.25) is 4.79 Å². The van der Waals surface area contributed by atoms with Gasteiger partial charge in [0.2, 0.25) is 0 Å². The van der Waals surface area contributed by atoms with E-state index in [1.807, 2.05) is 41.9 Å². The molecule has 1 aromatic carbocycles. The molecule has 0 radical (unpaired) electrons. The molecule has 0 bridgehead atoms. The minimum absolute atomic E-state index is 0. The number of carbonyl (C=O) groups excluding carboxylic acids is 1. The molecule has 1 atom stereocenters. The Morgan fingerprint density at radius 3 is 2.71 bits per heavy atom. The summed E-state index contributed by atoms with van der Waals surface area (Å²) in [6.45, 7) is 5.45. The van der Waals surface area contributed by atoms with Crippen LogP contribution in [0.5, 0.6) is 0 Å². The van der Waals surface area contributed by atoms with E-state index in [9.17, 15) is 9.90 Å². The van der Waals surface area contributed by atoms with Crippen molar-refractivity contribution < 1.29 is 9.90 Å². The summed E-state index contributed by atoms with van der Waals surface area (Å²) in [5.41, 5.74) is 1.61. The van der Waals surface area contributed by atoms with E-state index in [2.05, 4.69) is 20.9 Å². The highest BCUT2D eigenvalue weighted by molar-refractivity contribution is 14.0. The number of aliphatic imine (C=N–C) groups is 1. The summed E-state index contributed by atoms with van der Waals surface area (Å²) in [5, 5.41) is 23.6. The van der Waals surface area contributed by atoms with Crippen molar-refractivity contribution in [3.8, 4) is 0 Å². The summed E-state index contributed by atoms with van der Waals surface area (Å²) in [5.74, 6) is 0.575. The molecule has 4 N–H and O–H groups in total. The number of carbonyl (C=O) groups is 1. The Labute approximate surface area is 187 Å². The highest BCUT2D eigenvalue weighted by atomic mass is 127. The molecule has 2 rings (SSSR count). The monoisotopic (exact) mass is 516 g/mol. The van der Waals surface area contributed by atoms with Crippen molar-refractivity contribution in [3.63, 3.8) is 0 Å². The number of hydrogen-bond donors (Lipinski definition) is 4. The zero-order valence-corrected chi connectivity index (χ0v) is 19.6. The van der Waals surface area contributed by atoms with Crippen LogP contribution in [0.2, 0.25) is 0 Å². The first-order valence-corrected chi connectivity index (χ1v) is 9.99. The fourth-order valence-electron chi connectivity index (χ4n) is 2.57. The van der Waals surface area contributed by atoms with E-state index >= 15 is 0 Å². The summed E-state index contributed by atoms with van der Waals surface area (Å²) in [6, 6.07) is 9.50. The van der Waals surface area contributed by atoms with Crippen molar-refractivity contribution in [2.24, 2.45) is 4.99 Å². The van der Waals surface area contributed by atoms with Gasteiger partial charge in [-0.1, -0.05) is 12.1 Å². The van der Waals surface area contributed by atoms with Gasteiger partial charge in [-0.2, -0.15) is 11.3 Å². The van der Waals surface area contributed by atoms with E-state index in [1.165, 1.54) is 0 Å². The summed E-state index contributed by atoms with van der Waals surface area (Å²) in [7, 11) is 1.63. The molecule has 1 amide bonds. The third-order valence-corrected chi connectivity index (χ3v) is 4.84. The molecular formula is C20H29IN4O2S. The molecule has 8 heteroatoms. The minimum atomic E-state index is -0.996. The van der Waals surface area contributed by atoms with Crippen molar-refractivity contribution in [1.82, 2.24) is 16.0 Å². The van der Waals surface area contributed by atoms with Gasteiger partial charge in [0, 0.05) is 25.7 Å². The Kier molecular flexibility index (Phi) is 10.5. The second kappa shape index (κ2) is 12.0. The largest absolute Gasteiger partial charge is 0.383 e. The van der Waals surface area contributed by atoms with Gasteiger partial charge < -0.3 is 21.1 Å². The molecule has 0 aliphatic carbocycles. The Bertz CT molecular complexity index is 763. The summed E-state index contributed by atoms with van der Waals surface area (Å²) >= 11 is 1.56. The summed E-state index contributed by atoms with van der Waals surface area (Å²) < 4.78 is 0. The number of aliphatic hydroxyl groups is 1. The fraction of sp³-hybridized carbons (Fsp3) is 0.400. The first kappa shape index (κ1) is 24.4. The average molecular weight is 516 g/mol. The van der Waals surface area contributed by atoms with Crippen molar-refractivity contribution in [3.05, 3.63) is 57.8 Å². The van der Waals surface area contributed by atoms with Crippen LogP contribution >= 0.6 is 35.3 Å². The average Bonchev–Trinajstić information content (AvgIpc) is 3.21. The number of benzene rings is 1. The summed E-state index contributed by atoms with van der Waals surface area (Å²) in [6.07, 6.45) is 0.760. The topological polar surface area (TPSA) is 85.8 Å². The number of nitrogens with zero attached hydrogens (tertiary/aromatic N) is 1. The standard InChI is InChI=1S/C20H28N4O2S.HI/c1-4-22-19(24-14-20(2,26)17-9-11-27-13-17)23-10-8-15-6-5-7-16(12-15)18(25)21-3;/h5-7,9,11-13,26H,4,8,10,14H2,1-3H3,(H,21,25)(H2,22,23,24);1H. The van der Waals surface area contributed by atoms with E-state index < -0.39 is 5.60 Å². The van der Waals surface area contributed by atoms with Crippen molar-refractivity contribution in [2.75, 3.05) is 26.7 Å². The number of rotatable bonds is 8. The van der Waals surface area contributed by atoms with Crippen molar-refractivity contribution >= 4 is 47.2 Å². The van der Waals surface area contributed by atoms with Gasteiger partial charge in [-0.25, -0.2) is 4.99 Å². The van der Waals surface area contributed by atoms with Gasteiger partial charge in [0.05, 0.1) is 6.54 Å². The third-order valence-electron chi connectivity index (χ3n) is 4.15. The lowest BCUT2D eigenvalue weighted by Gasteiger charge is -2.21. The highest BCUT2D eigenvalue weighted by Crippen LogP contribution is 2.23. The molecule has 0 aliphatic heterocycles. The van der Waals surface area contributed by atoms with Crippen LogP contribution in [0.25, 0.3) is 0 Å². The molecule has 0 saturated heterocycles. The molecule has 1 aromatic heterocycles. The predicted molar refractivity (Wildman–Crippen MR) is 127 cm³/mol. The number of amides is 1. The van der Waals surface area contributed by atoms with Crippen LogP contribution in [0.15, 0.2) is 46.1 Å². The van der Waals surface area contributed by atoms with Crippen molar-refractivity contribution in [2.45, 2.75) is 25.9 Å².